The van der Waals surface area contributed by atoms with E-state index >= 15 is 0 Å². The number of nitrogens with zero attached hydrogens (tertiary/aromatic N) is 1. The Labute approximate surface area is 64.2 Å². The first-order chi connectivity index (χ1) is 4.70. The average molecular weight is 145 g/mol. The smallest absolute Gasteiger partial charge is 0.0433 e. The molecule has 1 aliphatic rings. The van der Waals surface area contributed by atoms with Crippen LogP contribution in [0.1, 0.15) is 13.8 Å². The van der Waals surface area contributed by atoms with Crippen LogP contribution in [-0.2, 0) is 4.74 Å². The van der Waals surface area contributed by atoms with E-state index in [1.165, 1.54) is 13.1 Å². The van der Waals surface area contributed by atoms with Gasteiger partial charge in [0.1, 0.15) is 0 Å². The lowest BCUT2D eigenvalue weighted by molar-refractivity contribution is 0.149. The second-order valence-electron chi connectivity index (χ2n) is 2.90. The molecule has 0 N–H and O–H groups in total. The fraction of sp³-hybridized carbons (Fsp3) is 1.00. The Bertz CT molecular complexity index is 61.7. The van der Waals surface area contributed by atoms with E-state index in [1.807, 2.05) is 6.92 Å². The largest absolute Gasteiger partial charge is 0.385 e. The topological polar surface area (TPSA) is 12.5 Å². The first kappa shape index (κ1) is 9.92. The molecule has 0 bridgehead atoms. The van der Waals surface area contributed by atoms with Gasteiger partial charge in [-0.25, -0.2) is 0 Å². The van der Waals surface area contributed by atoms with Crippen LogP contribution < -0.4 is 0 Å². The molecule has 0 saturated carbocycles. The van der Waals surface area contributed by atoms with Crippen LogP contribution in [0.25, 0.3) is 0 Å². The Morgan fingerprint density at radius 3 is 1.90 bits per heavy atom. The Morgan fingerprint density at radius 1 is 1.50 bits per heavy atom. The van der Waals surface area contributed by atoms with Crippen molar-refractivity contribution in [3.63, 3.8) is 0 Å². The fourth-order valence-electron chi connectivity index (χ4n) is 1.01. The zero-order valence-electron chi connectivity index (χ0n) is 7.55. The van der Waals surface area contributed by atoms with E-state index in [1.54, 1.807) is 7.11 Å². The van der Waals surface area contributed by atoms with E-state index in [2.05, 4.69) is 23.6 Å². The van der Waals surface area contributed by atoms with E-state index in [4.69, 9.17) is 0 Å². The number of hydrogen-bond donors (Lipinski definition) is 0. The Kier molecular flexibility index (Phi) is 5.64. The van der Waals surface area contributed by atoms with E-state index in [0.29, 0.717) is 0 Å². The summed E-state index contributed by atoms with van der Waals surface area (Å²) in [5.41, 5.74) is 0. The van der Waals surface area contributed by atoms with Gasteiger partial charge < -0.3 is 9.64 Å². The highest BCUT2D eigenvalue weighted by atomic mass is 16.5. The summed E-state index contributed by atoms with van der Waals surface area (Å²) in [6.07, 6.45) is 0. The van der Waals surface area contributed by atoms with Gasteiger partial charge in [0.25, 0.3) is 0 Å². The third-order valence-electron chi connectivity index (χ3n) is 1.54. The number of ether oxygens (including phenoxy) is 1. The van der Waals surface area contributed by atoms with Gasteiger partial charge in [-0.3, -0.25) is 0 Å². The summed E-state index contributed by atoms with van der Waals surface area (Å²) in [7, 11) is 3.83. The minimum atomic E-state index is 0.819. The standard InChI is InChI=1S/C5H11N.C3H8O/c1-5-3-6(2)4-5;1-3-4-2/h5H,3-4H2,1-2H3;3H2,1-2H3. The molecular formula is C8H19NO. The predicted molar refractivity (Wildman–Crippen MR) is 44.2 cm³/mol. The van der Waals surface area contributed by atoms with Gasteiger partial charge in [0, 0.05) is 26.8 Å². The molecule has 0 aromatic rings. The van der Waals surface area contributed by atoms with E-state index in [0.717, 1.165) is 12.5 Å². The van der Waals surface area contributed by atoms with Crippen molar-refractivity contribution in [2.75, 3.05) is 33.9 Å². The summed E-state index contributed by atoms with van der Waals surface area (Å²) < 4.78 is 4.54. The van der Waals surface area contributed by atoms with E-state index in [-0.39, 0.29) is 0 Å². The summed E-state index contributed by atoms with van der Waals surface area (Å²) in [6.45, 7) is 7.67. The van der Waals surface area contributed by atoms with Crippen molar-refractivity contribution in [1.29, 1.82) is 0 Å². The van der Waals surface area contributed by atoms with Gasteiger partial charge in [-0.1, -0.05) is 6.92 Å². The normalized spacial score (nSPS) is 19.2. The van der Waals surface area contributed by atoms with Crippen LogP contribution in [0.5, 0.6) is 0 Å². The van der Waals surface area contributed by atoms with E-state index < -0.39 is 0 Å². The molecule has 0 aromatic carbocycles. The van der Waals surface area contributed by atoms with Gasteiger partial charge in [-0.2, -0.15) is 0 Å². The molecule has 2 heteroatoms. The molecule has 0 atom stereocenters. The minimum absolute atomic E-state index is 0.819. The molecule has 1 saturated heterocycles. The summed E-state index contributed by atoms with van der Waals surface area (Å²) in [4.78, 5) is 2.32. The minimum Gasteiger partial charge on any atom is -0.385 e. The maximum Gasteiger partial charge on any atom is 0.0433 e. The van der Waals surface area contributed by atoms with Crippen molar-refractivity contribution in [2.24, 2.45) is 5.92 Å². The molecule has 1 heterocycles. The van der Waals surface area contributed by atoms with Gasteiger partial charge in [-0.05, 0) is 19.9 Å². The molecule has 2 nitrogen and oxygen atoms in total. The van der Waals surface area contributed by atoms with Gasteiger partial charge in [0.2, 0.25) is 0 Å². The van der Waals surface area contributed by atoms with Crippen LogP contribution in [0.2, 0.25) is 0 Å². The Hall–Kier alpha value is -0.0800. The van der Waals surface area contributed by atoms with Crippen molar-refractivity contribution in [1.82, 2.24) is 4.90 Å². The van der Waals surface area contributed by atoms with Crippen molar-refractivity contribution in [3.05, 3.63) is 0 Å². The van der Waals surface area contributed by atoms with Crippen molar-refractivity contribution in [2.45, 2.75) is 13.8 Å². The molecule has 1 aliphatic heterocycles. The van der Waals surface area contributed by atoms with Crippen LogP contribution in [0.3, 0.4) is 0 Å². The molecule has 0 aliphatic carbocycles. The Morgan fingerprint density at radius 2 is 1.90 bits per heavy atom. The van der Waals surface area contributed by atoms with Crippen LogP contribution in [0, 0.1) is 5.92 Å². The molecule has 0 radical (unpaired) electrons. The van der Waals surface area contributed by atoms with Crippen molar-refractivity contribution >= 4 is 0 Å². The monoisotopic (exact) mass is 145 g/mol. The first-order valence-corrected chi connectivity index (χ1v) is 3.88. The molecule has 1 rings (SSSR count). The zero-order chi connectivity index (χ0) is 7.98. The highest BCUT2D eigenvalue weighted by Gasteiger charge is 2.16. The molecule has 62 valence electrons. The van der Waals surface area contributed by atoms with Crippen LogP contribution in [0.15, 0.2) is 0 Å². The predicted octanol–water partition coefficient (Wildman–Crippen LogP) is 1.22. The summed E-state index contributed by atoms with van der Waals surface area (Å²) in [6, 6.07) is 0. The number of likely N-dealkylation sites (tertiary alicyclic amines) is 1. The second kappa shape index (κ2) is 5.69. The van der Waals surface area contributed by atoms with E-state index in [9.17, 15) is 0 Å². The van der Waals surface area contributed by atoms with Gasteiger partial charge >= 0.3 is 0 Å². The van der Waals surface area contributed by atoms with Crippen molar-refractivity contribution < 1.29 is 4.74 Å². The molecule has 0 aromatic heterocycles. The maximum absolute atomic E-state index is 4.54. The van der Waals surface area contributed by atoms with Crippen molar-refractivity contribution in [3.8, 4) is 0 Å². The zero-order valence-corrected chi connectivity index (χ0v) is 7.55. The lowest BCUT2D eigenvalue weighted by Gasteiger charge is -2.33. The SMILES string of the molecule is CC1CN(C)C1.CCOC. The van der Waals surface area contributed by atoms with Gasteiger partial charge in [-0.15, -0.1) is 0 Å². The number of rotatable bonds is 1. The molecule has 0 amide bonds. The van der Waals surface area contributed by atoms with Gasteiger partial charge in [0.05, 0.1) is 0 Å². The third kappa shape index (κ3) is 4.77. The van der Waals surface area contributed by atoms with Crippen LogP contribution in [-0.4, -0.2) is 38.8 Å². The highest BCUT2D eigenvalue weighted by Crippen LogP contribution is 2.09. The lowest BCUT2D eigenvalue weighted by atomic mass is 10.1. The first-order valence-electron chi connectivity index (χ1n) is 3.88. The summed E-state index contributed by atoms with van der Waals surface area (Å²) in [5.74, 6) is 0.968. The van der Waals surface area contributed by atoms with Crippen LogP contribution in [0.4, 0.5) is 0 Å². The average Bonchev–Trinajstić information content (AvgIpc) is 1.87. The lowest BCUT2D eigenvalue weighted by Crippen LogP contribution is -2.41. The summed E-state index contributed by atoms with van der Waals surface area (Å²) >= 11 is 0. The molecular weight excluding hydrogens is 126 g/mol. The quantitative estimate of drug-likeness (QED) is 0.550. The molecule has 10 heavy (non-hydrogen) atoms. The molecule has 1 fully saturated rings. The number of hydrogen-bond acceptors (Lipinski definition) is 2. The van der Waals surface area contributed by atoms with Gasteiger partial charge in [0.15, 0.2) is 0 Å². The molecule has 0 unspecified atom stereocenters. The maximum atomic E-state index is 4.54. The fourth-order valence-corrected chi connectivity index (χ4v) is 1.01. The number of methoxy groups -OCH3 is 1. The highest BCUT2D eigenvalue weighted by molar-refractivity contribution is 4.71. The molecule has 0 spiro atoms. The van der Waals surface area contributed by atoms with Crippen LogP contribution >= 0.6 is 0 Å². The summed E-state index contributed by atoms with van der Waals surface area (Å²) in [5, 5.41) is 0. The second-order valence-corrected chi connectivity index (χ2v) is 2.90. The Balaban J connectivity index is 0.000000180. The third-order valence-corrected chi connectivity index (χ3v) is 1.54.